The number of nitrogen functional groups attached to an aromatic ring is 1. The third kappa shape index (κ3) is 5.83. The Morgan fingerprint density at radius 3 is 2.29 bits per heavy atom. The zero-order valence-corrected chi connectivity index (χ0v) is 21.0. The van der Waals surface area contributed by atoms with Crippen LogP contribution in [0.3, 0.4) is 0 Å². The summed E-state index contributed by atoms with van der Waals surface area (Å²) in [6.45, 7) is 2.39. The molecule has 0 aliphatic carbocycles. The molecule has 0 spiro atoms. The molecule has 1 aliphatic heterocycles. The molecule has 0 unspecified atom stereocenters. The van der Waals surface area contributed by atoms with E-state index < -0.39 is 17.9 Å². The van der Waals surface area contributed by atoms with Crippen LogP contribution < -0.4 is 20.7 Å². The second-order valence-electron chi connectivity index (χ2n) is 9.10. The minimum Gasteiger partial charge on any atom is -0.491 e. The number of carboxylic acid groups (broad SMARTS) is 1. The molecule has 1 heterocycles. The lowest BCUT2D eigenvalue weighted by molar-refractivity contribution is -0.140. The van der Waals surface area contributed by atoms with Gasteiger partial charge in [-0.3, -0.25) is 19.8 Å². The van der Waals surface area contributed by atoms with Gasteiger partial charge >= 0.3 is 5.97 Å². The van der Waals surface area contributed by atoms with E-state index in [4.69, 9.17) is 15.9 Å². The molecule has 0 aromatic heterocycles. The maximum Gasteiger partial charge on any atom is 0.304 e. The predicted molar refractivity (Wildman–Crippen MR) is 144 cm³/mol. The molecule has 9 nitrogen and oxygen atoms in total. The highest BCUT2D eigenvalue weighted by Gasteiger charge is 2.42. The normalized spacial score (nSPS) is 16.8. The number of carbonyl (C=O) groups excluding carboxylic acids is 2. The Labute approximate surface area is 220 Å². The minimum atomic E-state index is -1.05. The summed E-state index contributed by atoms with van der Waals surface area (Å²) in [6.07, 6.45) is 0.0156. The first kappa shape index (κ1) is 26.4. The fourth-order valence-electron chi connectivity index (χ4n) is 4.66. The number of carboxylic acids is 1. The number of ether oxygens (including phenoxy) is 1. The number of nitrogens with zero attached hydrogens (tertiary/aromatic N) is 1. The number of nitrogens with one attached hydrogen (secondary N) is 2. The molecule has 5 N–H and O–H groups in total. The monoisotopic (exact) mass is 514 g/mol. The predicted octanol–water partition coefficient (Wildman–Crippen LogP) is 3.66. The Bertz CT molecular complexity index is 1340. The van der Waals surface area contributed by atoms with E-state index in [1.165, 1.54) is 4.90 Å². The molecule has 38 heavy (non-hydrogen) atoms. The minimum absolute atomic E-state index is 0.0129. The Morgan fingerprint density at radius 1 is 1.05 bits per heavy atom. The molecule has 0 saturated carbocycles. The van der Waals surface area contributed by atoms with E-state index in [-0.39, 0.29) is 30.7 Å². The quantitative estimate of drug-likeness (QED) is 0.240. The number of nitrogens with two attached hydrogens (primary N) is 1. The second-order valence-corrected chi connectivity index (χ2v) is 9.10. The highest BCUT2D eigenvalue weighted by Crippen LogP contribution is 2.35. The van der Waals surface area contributed by atoms with Crippen molar-refractivity contribution in [3.63, 3.8) is 0 Å². The lowest BCUT2D eigenvalue weighted by Gasteiger charge is -2.27. The molecular weight excluding hydrogens is 484 g/mol. The van der Waals surface area contributed by atoms with Gasteiger partial charge in [-0.25, -0.2) is 0 Å². The zero-order chi connectivity index (χ0) is 27.2. The van der Waals surface area contributed by atoms with Gasteiger partial charge in [0.15, 0.2) is 0 Å². The molecule has 3 aromatic rings. The molecule has 1 saturated heterocycles. The van der Waals surface area contributed by atoms with Gasteiger partial charge in [0.1, 0.15) is 18.2 Å². The molecular formula is C29H30N4O5. The third-order valence-electron chi connectivity index (χ3n) is 6.50. The largest absolute Gasteiger partial charge is 0.491 e. The number of benzene rings is 3. The van der Waals surface area contributed by atoms with E-state index in [0.29, 0.717) is 35.5 Å². The maximum absolute atomic E-state index is 13.3. The van der Waals surface area contributed by atoms with Crippen LogP contribution in [0.5, 0.6) is 5.75 Å². The second kappa shape index (κ2) is 11.6. The van der Waals surface area contributed by atoms with E-state index in [1.54, 1.807) is 36.4 Å². The molecule has 1 aliphatic rings. The average Bonchev–Trinajstić information content (AvgIpc) is 3.21. The summed E-state index contributed by atoms with van der Waals surface area (Å²) in [7, 11) is 0. The van der Waals surface area contributed by atoms with Crippen LogP contribution in [-0.4, -0.2) is 47.9 Å². The fourth-order valence-corrected chi connectivity index (χ4v) is 4.66. The van der Waals surface area contributed by atoms with Crippen molar-refractivity contribution in [3.8, 4) is 16.9 Å². The first-order valence-corrected chi connectivity index (χ1v) is 12.4. The van der Waals surface area contributed by atoms with Crippen LogP contribution in [0.25, 0.3) is 11.1 Å². The molecule has 0 bridgehead atoms. The van der Waals surface area contributed by atoms with Gasteiger partial charge in [0.05, 0.1) is 29.6 Å². The van der Waals surface area contributed by atoms with Crippen LogP contribution in [0, 0.1) is 11.3 Å². The summed E-state index contributed by atoms with van der Waals surface area (Å²) in [5.41, 5.74) is 8.89. The van der Waals surface area contributed by atoms with Crippen LogP contribution in [0.4, 0.5) is 5.69 Å². The van der Waals surface area contributed by atoms with Crippen LogP contribution in [0.1, 0.15) is 35.7 Å². The number of hydrogen-bond donors (Lipinski definition) is 4. The van der Waals surface area contributed by atoms with Crippen molar-refractivity contribution < 1.29 is 24.2 Å². The molecule has 2 atom stereocenters. The Balaban J connectivity index is 1.53. The first-order valence-electron chi connectivity index (χ1n) is 12.4. The topological polar surface area (TPSA) is 146 Å². The number of rotatable bonds is 10. The summed E-state index contributed by atoms with van der Waals surface area (Å²) in [5.74, 6) is -1.78. The van der Waals surface area contributed by atoms with E-state index in [1.807, 2.05) is 43.3 Å². The van der Waals surface area contributed by atoms with Crippen molar-refractivity contribution in [2.75, 3.05) is 18.1 Å². The number of carbonyl (C=O) groups is 3. The fraction of sp³-hybridized carbons (Fsp3) is 0.241. The standard InChI is InChI=1S/C29H30N4O5/c1-2-32-28(36)24-5-3-4-6-25(24)33-22(15-21(29(33)37)16-26(34)35)17-38-23-13-11-19(12-14-23)18-7-9-20(10-8-18)27(30)31/h3-14,21-22H,2,15-17H2,1H3,(H3,30,31)(H,32,36)(H,34,35)/t21-,22-/m0/s1. The van der Waals surface area contributed by atoms with Crippen LogP contribution in [0.2, 0.25) is 0 Å². The van der Waals surface area contributed by atoms with Crippen molar-refractivity contribution in [1.29, 1.82) is 5.41 Å². The van der Waals surface area contributed by atoms with E-state index in [0.717, 1.165) is 11.1 Å². The number of para-hydroxylation sites is 1. The lowest BCUT2D eigenvalue weighted by Crippen LogP contribution is -2.39. The van der Waals surface area contributed by atoms with E-state index in [9.17, 15) is 19.5 Å². The van der Waals surface area contributed by atoms with Crippen molar-refractivity contribution in [2.24, 2.45) is 11.7 Å². The number of amidine groups is 1. The average molecular weight is 515 g/mol. The van der Waals surface area contributed by atoms with Crippen molar-refractivity contribution in [1.82, 2.24) is 5.32 Å². The summed E-state index contributed by atoms with van der Waals surface area (Å²) in [6, 6.07) is 21.2. The molecule has 196 valence electrons. The van der Waals surface area contributed by atoms with E-state index in [2.05, 4.69) is 5.32 Å². The molecule has 9 heteroatoms. The van der Waals surface area contributed by atoms with Gasteiger partial charge in [-0.1, -0.05) is 48.5 Å². The van der Waals surface area contributed by atoms with Gasteiger partial charge in [0.2, 0.25) is 5.91 Å². The number of hydrogen-bond acceptors (Lipinski definition) is 5. The van der Waals surface area contributed by atoms with Crippen molar-refractivity contribution in [3.05, 3.63) is 83.9 Å². The molecule has 3 aromatic carbocycles. The number of amides is 2. The molecule has 4 rings (SSSR count). The summed E-state index contributed by atoms with van der Waals surface area (Å²) in [4.78, 5) is 38.9. The highest BCUT2D eigenvalue weighted by atomic mass is 16.5. The number of anilines is 1. The molecule has 1 fully saturated rings. The van der Waals surface area contributed by atoms with Crippen LogP contribution in [0.15, 0.2) is 72.8 Å². The molecule has 2 amide bonds. The van der Waals surface area contributed by atoms with Gasteiger partial charge < -0.3 is 25.8 Å². The van der Waals surface area contributed by atoms with Gasteiger partial charge in [-0.15, -0.1) is 0 Å². The van der Waals surface area contributed by atoms with Crippen LogP contribution >= 0.6 is 0 Å². The van der Waals surface area contributed by atoms with Crippen molar-refractivity contribution >= 4 is 29.3 Å². The maximum atomic E-state index is 13.3. The summed E-state index contributed by atoms with van der Waals surface area (Å²) < 4.78 is 6.05. The van der Waals surface area contributed by atoms with E-state index >= 15 is 0 Å². The summed E-state index contributed by atoms with van der Waals surface area (Å²) >= 11 is 0. The Morgan fingerprint density at radius 2 is 1.68 bits per heavy atom. The Hall–Kier alpha value is -4.66. The van der Waals surface area contributed by atoms with Gasteiger partial charge in [-0.05, 0) is 48.7 Å². The van der Waals surface area contributed by atoms with Crippen molar-refractivity contribution in [2.45, 2.75) is 25.8 Å². The zero-order valence-electron chi connectivity index (χ0n) is 21.0. The number of aliphatic carboxylic acids is 1. The smallest absolute Gasteiger partial charge is 0.304 e. The molecule has 0 radical (unpaired) electrons. The third-order valence-corrected chi connectivity index (χ3v) is 6.50. The van der Waals surface area contributed by atoms with Gasteiger partial charge in [-0.2, -0.15) is 0 Å². The van der Waals surface area contributed by atoms with Gasteiger partial charge in [0.25, 0.3) is 5.91 Å². The SMILES string of the molecule is CCNC(=O)c1ccccc1N1C(=O)[C@H](CC(=O)O)C[C@H]1COc1ccc(-c2ccc(C(=N)N)cc2)cc1. The Kier molecular flexibility index (Phi) is 8.06. The highest BCUT2D eigenvalue weighted by molar-refractivity contribution is 6.07. The first-order chi connectivity index (χ1) is 18.3. The summed E-state index contributed by atoms with van der Waals surface area (Å²) in [5, 5.41) is 19.6. The van der Waals surface area contributed by atoms with Gasteiger partial charge in [0, 0.05) is 12.1 Å². The lowest BCUT2D eigenvalue weighted by atomic mass is 10.0. The van der Waals surface area contributed by atoms with Crippen LogP contribution in [-0.2, 0) is 9.59 Å².